The molecular weight excluding hydrogens is 254 g/mol. The van der Waals surface area contributed by atoms with Gasteiger partial charge in [-0.2, -0.15) is 4.98 Å². The standard InChI is InChI=1S/C15H25N3O2/c1-14(2)6-8-15(19,9-7-14)10-17-13-11(16)4-5-12(18-13)20-3/h4-5,19H,6-10,16H2,1-3H3,(H,17,18). The molecule has 0 atom stereocenters. The van der Waals surface area contributed by atoms with E-state index in [1.807, 2.05) is 0 Å². The first-order valence-corrected chi connectivity index (χ1v) is 7.10. The number of aliphatic hydroxyl groups is 1. The lowest BCUT2D eigenvalue weighted by Gasteiger charge is -2.40. The minimum Gasteiger partial charge on any atom is -0.481 e. The van der Waals surface area contributed by atoms with E-state index in [9.17, 15) is 5.11 Å². The summed E-state index contributed by atoms with van der Waals surface area (Å²) in [4.78, 5) is 4.27. The van der Waals surface area contributed by atoms with Crippen molar-refractivity contribution in [2.75, 3.05) is 24.7 Å². The van der Waals surface area contributed by atoms with Crippen LogP contribution in [0.5, 0.6) is 5.88 Å². The molecule has 0 aliphatic heterocycles. The lowest BCUT2D eigenvalue weighted by atomic mass is 9.71. The van der Waals surface area contributed by atoms with Crippen LogP contribution in [-0.2, 0) is 0 Å². The summed E-state index contributed by atoms with van der Waals surface area (Å²) in [7, 11) is 1.57. The molecule has 5 nitrogen and oxygen atoms in total. The number of methoxy groups -OCH3 is 1. The van der Waals surface area contributed by atoms with Gasteiger partial charge in [-0.1, -0.05) is 13.8 Å². The van der Waals surface area contributed by atoms with Gasteiger partial charge < -0.3 is 20.9 Å². The molecule has 1 heterocycles. The molecule has 2 rings (SSSR count). The summed E-state index contributed by atoms with van der Waals surface area (Å²) in [5, 5.41) is 13.8. The first kappa shape index (κ1) is 14.9. The number of nitrogen functional groups attached to an aromatic ring is 1. The van der Waals surface area contributed by atoms with Gasteiger partial charge in [0.25, 0.3) is 0 Å². The van der Waals surface area contributed by atoms with Crippen molar-refractivity contribution < 1.29 is 9.84 Å². The van der Waals surface area contributed by atoms with Crippen LogP contribution in [-0.4, -0.2) is 29.3 Å². The largest absolute Gasteiger partial charge is 0.481 e. The monoisotopic (exact) mass is 279 g/mol. The predicted molar refractivity (Wildman–Crippen MR) is 80.9 cm³/mol. The highest BCUT2D eigenvalue weighted by Crippen LogP contribution is 2.40. The molecule has 20 heavy (non-hydrogen) atoms. The lowest BCUT2D eigenvalue weighted by molar-refractivity contribution is -0.0145. The van der Waals surface area contributed by atoms with Gasteiger partial charge in [-0.05, 0) is 37.2 Å². The first-order chi connectivity index (χ1) is 9.34. The molecule has 0 saturated heterocycles. The second-order valence-corrected chi connectivity index (χ2v) is 6.53. The van der Waals surface area contributed by atoms with Gasteiger partial charge in [0.05, 0.1) is 18.4 Å². The smallest absolute Gasteiger partial charge is 0.215 e. The zero-order chi connectivity index (χ0) is 14.8. The number of nitrogens with two attached hydrogens (primary N) is 1. The number of rotatable bonds is 4. The highest BCUT2D eigenvalue weighted by molar-refractivity contribution is 5.62. The number of hydrogen-bond donors (Lipinski definition) is 3. The Morgan fingerprint density at radius 1 is 1.30 bits per heavy atom. The normalized spacial score (nSPS) is 20.4. The fraction of sp³-hybridized carbons (Fsp3) is 0.667. The summed E-state index contributed by atoms with van der Waals surface area (Å²) in [6.07, 6.45) is 3.67. The third-order valence-corrected chi connectivity index (χ3v) is 4.23. The van der Waals surface area contributed by atoms with E-state index in [4.69, 9.17) is 10.5 Å². The number of hydrogen-bond acceptors (Lipinski definition) is 5. The Morgan fingerprint density at radius 3 is 2.55 bits per heavy atom. The molecule has 1 aliphatic carbocycles. The molecule has 1 aromatic rings. The van der Waals surface area contributed by atoms with Crippen molar-refractivity contribution in [1.29, 1.82) is 0 Å². The minimum atomic E-state index is -0.674. The van der Waals surface area contributed by atoms with Crippen LogP contribution in [0.15, 0.2) is 12.1 Å². The first-order valence-electron chi connectivity index (χ1n) is 7.10. The zero-order valence-corrected chi connectivity index (χ0v) is 12.6. The van der Waals surface area contributed by atoms with Gasteiger partial charge in [-0.3, -0.25) is 0 Å². The van der Waals surface area contributed by atoms with Crippen molar-refractivity contribution in [3.8, 4) is 5.88 Å². The average Bonchev–Trinajstić information content (AvgIpc) is 2.42. The van der Waals surface area contributed by atoms with Gasteiger partial charge in [0.15, 0.2) is 5.82 Å². The van der Waals surface area contributed by atoms with Gasteiger partial charge in [0.2, 0.25) is 5.88 Å². The topological polar surface area (TPSA) is 80.4 Å². The van der Waals surface area contributed by atoms with E-state index in [2.05, 4.69) is 24.1 Å². The molecule has 1 fully saturated rings. The summed E-state index contributed by atoms with van der Waals surface area (Å²) in [6.45, 7) is 4.97. The van der Waals surface area contributed by atoms with Crippen molar-refractivity contribution >= 4 is 11.5 Å². The van der Waals surface area contributed by atoms with E-state index >= 15 is 0 Å². The second kappa shape index (κ2) is 5.48. The highest BCUT2D eigenvalue weighted by Gasteiger charge is 2.36. The van der Waals surface area contributed by atoms with E-state index < -0.39 is 5.60 Å². The SMILES string of the molecule is COc1ccc(N)c(NCC2(O)CCC(C)(C)CC2)n1. The van der Waals surface area contributed by atoms with Crippen molar-refractivity contribution in [2.45, 2.75) is 45.1 Å². The molecular formula is C15H25N3O2. The van der Waals surface area contributed by atoms with Crippen molar-refractivity contribution in [2.24, 2.45) is 5.41 Å². The van der Waals surface area contributed by atoms with Crippen LogP contribution in [0.25, 0.3) is 0 Å². The second-order valence-electron chi connectivity index (χ2n) is 6.53. The molecule has 0 unspecified atom stereocenters. The van der Waals surface area contributed by atoms with Crippen molar-refractivity contribution in [3.63, 3.8) is 0 Å². The quantitative estimate of drug-likeness (QED) is 0.788. The third kappa shape index (κ3) is 3.54. The van der Waals surface area contributed by atoms with E-state index in [1.54, 1.807) is 19.2 Å². The fourth-order valence-corrected chi connectivity index (χ4v) is 2.52. The summed E-state index contributed by atoms with van der Waals surface area (Å²) in [5.41, 5.74) is 6.10. The van der Waals surface area contributed by atoms with Gasteiger partial charge in [0, 0.05) is 12.6 Å². The Balaban J connectivity index is 1.98. The predicted octanol–water partition coefficient (Wildman–Crippen LogP) is 2.42. The maximum Gasteiger partial charge on any atom is 0.215 e. The molecule has 1 saturated carbocycles. The van der Waals surface area contributed by atoms with E-state index in [1.165, 1.54) is 0 Å². The van der Waals surface area contributed by atoms with Gasteiger partial charge in [-0.25, -0.2) is 0 Å². The van der Waals surface area contributed by atoms with Gasteiger partial charge in [0.1, 0.15) is 0 Å². The maximum absolute atomic E-state index is 10.6. The highest BCUT2D eigenvalue weighted by atomic mass is 16.5. The number of nitrogens with one attached hydrogen (secondary N) is 1. The van der Waals surface area contributed by atoms with Crippen LogP contribution < -0.4 is 15.8 Å². The molecule has 5 heteroatoms. The van der Waals surface area contributed by atoms with Crippen LogP contribution in [0.3, 0.4) is 0 Å². The molecule has 1 aliphatic rings. The molecule has 112 valence electrons. The van der Waals surface area contributed by atoms with Crippen LogP contribution in [0.2, 0.25) is 0 Å². The number of anilines is 2. The average molecular weight is 279 g/mol. The number of ether oxygens (including phenoxy) is 1. The van der Waals surface area contributed by atoms with Crippen LogP contribution >= 0.6 is 0 Å². The van der Waals surface area contributed by atoms with Crippen molar-refractivity contribution in [1.82, 2.24) is 4.98 Å². The number of nitrogens with zero attached hydrogens (tertiary/aromatic N) is 1. The van der Waals surface area contributed by atoms with Gasteiger partial charge in [-0.15, -0.1) is 0 Å². The lowest BCUT2D eigenvalue weighted by Crippen LogP contribution is -2.42. The Morgan fingerprint density at radius 2 is 1.95 bits per heavy atom. The third-order valence-electron chi connectivity index (χ3n) is 4.23. The number of aromatic nitrogens is 1. The maximum atomic E-state index is 10.6. The molecule has 1 aromatic heterocycles. The molecule has 0 amide bonds. The van der Waals surface area contributed by atoms with E-state index in [0.29, 0.717) is 29.3 Å². The molecule has 0 aromatic carbocycles. The van der Waals surface area contributed by atoms with Crippen molar-refractivity contribution in [3.05, 3.63) is 12.1 Å². The van der Waals surface area contributed by atoms with E-state index in [0.717, 1.165) is 25.7 Å². The Bertz CT molecular complexity index is 464. The summed E-state index contributed by atoms with van der Waals surface area (Å²) in [6, 6.07) is 3.47. The fourth-order valence-electron chi connectivity index (χ4n) is 2.52. The van der Waals surface area contributed by atoms with Gasteiger partial charge >= 0.3 is 0 Å². The zero-order valence-electron chi connectivity index (χ0n) is 12.6. The molecule has 0 bridgehead atoms. The summed E-state index contributed by atoms with van der Waals surface area (Å²) < 4.78 is 5.08. The minimum absolute atomic E-state index is 0.333. The summed E-state index contributed by atoms with van der Waals surface area (Å²) in [5.74, 6) is 1.08. The molecule has 0 spiro atoms. The Kier molecular flexibility index (Phi) is 4.09. The number of pyridine rings is 1. The Hall–Kier alpha value is -1.49. The Labute approximate surface area is 120 Å². The molecule has 4 N–H and O–H groups in total. The van der Waals surface area contributed by atoms with Crippen LogP contribution in [0.1, 0.15) is 39.5 Å². The molecule has 0 radical (unpaired) electrons. The summed E-state index contributed by atoms with van der Waals surface area (Å²) >= 11 is 0. The van der Waals surface area contributed by atoms with Crippen LogP contribution in [0.4, 0.5) is 11.5 Å². The van der Waals surface area contributed by atoms with E-state index in [-0.39, 0.29) is 0 Å². The van der Waals surface area contributed by atoms with Crippen LogP contribution in [0, 0.1) is 5.41 Å².